The molecule has 0 radical (unpaired) electrons. The number of aliphatic hydroxyl groups excluding tert-OH is 1. The van der Waals surface area contributed by atoms with Crippen LogP contribution in [0.25, 0.3) is 0 Å². The third-order valence-corrected chi connectivity index (χ3v) is 3.44. The fourth-order valence-corrected chi connectivity index (χ4v) is 1.91. The smallest absolute Gasteiger partial charge is 0.279 e. The number of aromatic amines is 1. The van der Waals surface area contributed by atoms with E-state index in [2.05, 4.69) is 19.9 Å². The van der Waals surface area contributed by atoms with E-state index >= 15 is 0 Å². The minimum Gasteiger partial charge on any atom is -0.396 e. The van der Waals surface area contributed by atoms with Crippen LogP contribution in [0.15, 0.2) is 6.33 Å². The first-order chi connectivity index (χ1) is 7.56. The van der Waals surface area contributed by atoms with Crippen LogP contribution in [-0.4, -0.2) is 53.2 Å². The lowest BCUT2D eigenvalue weighted by Crippen LogP contribution is -2.38. The molecule has 0 saturated carbocycles. The molecule has 9 heteroatoms. The number of aliphatic hydroxyl groups is 1. The first-order valence-electron chi connectivity index (χ1n) is 4.72. The number of H-pyrrole nitrogens is 1. The SMILES string of the molecule is CN(CCCO)S(=O)(=O)NCc1ncn[nH]1. The third kappa shape index (κ3) is 3.85. The van der Waals surface area contributed by atoms with Crippen LogP contribution in [0.4, 0.5) is 0 Å². The molecule has 92 valence electrons. The molecule has 0 fully saturated rings. The highest BCUT2D eigenvalue weighted by Gasteiger charge is 2.16. The number of aromatic nitrogens is 3. The van der Waals surface area contributed by atoms with Crippen LogP contribution in [0, 0.1) is 0 Å². The van der Waals surface area contributed by atoms with Gasteiger partial charge in [-0.2, -0.15) is 22.5 Å². The van der Waals surface area contributed by atoms with Crippen LogP contribution < -0.4 is 4.72 Å². The van der Waals surface area contributed by atoms with Crippen molar-refractivity contribution in [3.63, 3.8) is 0 Å². The Morgan fingerprint density at radius 1 is 1.62 bits per heavy atom. The molecule has 0 atom stereocenters. The second-order valence-electron chi connectivity index (χ2n) is 3.16. The summed E-state index contributed by atoms with van der Waals surface area (Å²) in [4.78, 5) is 3.79. The van der Waals surface area contributed by atoms with Gasteiger partial charge >= 0.3 is 0 Å². The molecular weight excluding hydrogens is 234 g/mol. The number of hydrogen-bond acceptors (Lipinski definition) is 5. The molecule has 0 saturated heterocycles. The summed E-state index contributed by atoms with van der Waals surface area (Å²) in [6.45, 7) is 0.288. The van der Waals surface area contributed by atoms with Crippen molar-refractivity contribution >= 4 is 10.2 Å². The van der Waals surface area contributed by atoms with Gasteiger partial charge in [0.1, 0.15) is 12.2 Å². The van der Waals surface area contributed by atoms with E-state index in [1.807, 2.05) is 0 Å². The first-order valence-corrected chi connectivity index (χ1v) is 6.16. The van der Waals surface area contributed by atoms with Gasteiger partial charge in [-0.25, -0.2) is 4.98 Å². The Kier molecular flexibility index (Phi) is 4.80. The fraction of sp³-hybridized carbons (Fsp3) is 0.714. The van der Waals surface area contributed by atoms with Gasteiger partial charge in [0.05, 0.1) is 6.54 Å². The fourth-order valence-electron chi connectivity index (χ4n) is 0.999. The Labute approximate surface area is 93.9 Å². The van der Waals surface area contributed by atoms with Gasteiger partial charge in [0.2, 0.25) is 0 Å². The predicted octanol–water partition coefficient (Wildman–Crippen LogP) is -1.55. The summed E-state index contributed by atoms with van der Waals surface area (Å²) in [7, 11) is -2.08. The zero-order valence-corrected chi connectivity index (χ0v) is 9.74. The maximum Gasteiger partial charge on any atom is 0.279 e. The van der Waals surface area contributed by atoms with Crippen molar-refractivity contribution in [3.05, 3.63) is 12.2 Å². The number of nitrogens with zero attached hydrogens (tertiary/aromatic N) is 3. The Morgan fingerprint density at radius 2 is 2.38 bits per heavy atom. The summed E-state index contributed by atoms with van der Waals surface area (Å²) >= 11 is 0. The summed E-state index contributed by atoms with van der Waals surface area (Å²) in [5, 5.41) is 14.7. The summed E-state index contributed by atoms with van der Waals surface area (Å²) in [5.41, 5.74) is 0. The highest BCUT2D eigenvalue weighted by Crippen LogP contribution is 1.96. The molecule has 0 aliphatic rings. The van der Waals surface area contributed by atoms with Crippen LogP contribution in [0.2, 0.25) is 0 Å². The molecule has 1 aromatic rings. The van der Waals surface area contributed by atoms with E-state index in [0.717, 1.165) is 4.31 Å². The number of nitrogens with one attached hydrogen (secondary N) is 2. The molecule has 3 N–H and O–H groups in total. The quantitative estimate of drug-likeness (QED) is 0.542. The van der Waals surface area contributed by atoms with Gasteiger partial charge in [-0.15, -0.1) is 0 Å². The summed E-state index contributed by atoms with van der Waals surface area (Å²) in [6.07, 6.45) is 1.71. The van der Waals surface area contributed by atoms with Gasteiger partial charge < -0.3 is 5.11 Å². The molecule has 8 nitrogen and oxygen atoms in total. The molecular formula is C7H15N5O3S. The van der Waals surface area contributed by atoms with Crippen molar-refractivity contribution in [2.75, 3.05) is 20.2 Å². The lowest BCUT2D eigenvalue weighted by molar-refractivity contribution is 0.275. The van der Waals surface area contributed by atoms with Crippen molar-refractivity contribution in [2.45, 2.75) is 13.0 Å². The van der Waals surface area contributed by atoms with Crippen LogP contribution in [0.1, 0.15) is 12.2 Å². The zero-order chi connectivity index (χ0) is 12.0. The van der Waals surface area contributed by atoms with Gasteiger partial charge in [-0.05, 0) is 6.42 Å². The minimum atomic E-state index is -3.52. The third-order valence-electron chi connectivity index (χ3n) is 1.93. The maximum atomic E-state index is 11.6. The highest BCUT2D eigenvalue weighted by molar-refractivity contribution is 7.87. The van der Waals surface area contributed by atoms with Crippen molar-refractivity contribution < 1.29 is 13.5 Å². The molecule has 0 aliphatic carbocycles. The largest absolute Gasteiger partial charge is 0.396 e. The van der Waals surface area contributed by atoms with Gasteiger partial charge in [-0.1, -0.05) is 0 Å². The van der Waals surface area contributed by atoms with Crippen molar-refractivity contribution in [1.29, 1.82) is 0 Å². The van der Waals surface area contributed by atoms with Crippen LogP contribution in [0.5, 0.6) is 0 Å². The average molecular weight is 249 g/mol. The second-order valence-corrected chi connectivity index (χ2v) is 5.02. The number of hydrogen-bond donors (Lipinski definition) is 3. The molecule has 0 aliphatic heterocycles. The molecule has 1 heterocycles. The lowest BCUT2D eigenvalue weighted by Gasteiger charge is -2.16. The normalized spacial score (nSPS) is 12.2. The standard InChI is InChI=1S/C7H15N5O3S/c1-12(3-2-4-13)16(14,15)10-5-7-8-6-9-11-7/h6,10,13H,2-5H2,1H3,(H,8,9,11). The van der Waals surface area contributed by atoms with Crippen molar-refractivity contribution in [3.8, 4) is 0 Å². The molecule has 16 heavy (non-hydrogen) atoms. The van der Waals surface area contributed by atoms with Crippen LogP contribution >= 0.6 is 0 Å². The van der Waals surface area contributed by atoms with Crippen LogP contribution in [0.3, 0.4) is 0 Å². The lowest BCUT2D eigenvalue weighted by atomic mass is 10.5. The average Bonchev–Trinajstić information content (AvgIpc) is 2.76. The highest BCUT2D eigenvalue weighted by atomic mass is 32.2. The number of rotatable bonds is 7. The Bertz CT molecular complexity index is 390. The van der Waals surface area contributed by atoms with E-state index in [0.29, 0.717) is 12.2 Å². The molecule has 1 aromatic heterocycles. The monoisotopic (exact) mass is 249 g/mol. The molecule has 0 amide bonds. The Morgan fingerprint density at radius 3 is 2.94 bits per heavy atom. The topological polar surface area (TPSA) is 111 Å². The summed E-state index contributed by atoms with van der Waals surface area (Å²) in [6, 6.07) is 0. The van der Waals surface area contributed by atoms with Crippen LogP contribution in [-0.2, 0) is 16.8 Å². The van der Waals surface area contributed by atoms with E-state index in [-0.39, 0.29) is 19.7 Å². The predicted molar refractivity (Wildman–Crippen MR) is 56.5 cm³/mol. The zero-order valence-electron chi connectivity index (χ0n) is 8.92. The molecule has 1 rings (SSSR count). The van der Waals surface area contributed by atoms with E-state index in [1.54, 1.807) is 0 Å². The summed E-state index contributed by atoms with van der Waals surface area (Å²) in [5.74, 6) is 0.444. The molecule has 0 bridgehead atoms. The first kappa shape index (κ1) is 13.0. The Hall–Kier alpha value is -1.03. The van der Waals surface area contributed by atoms with Gasteiger partial charge in [0.25, 0.3) is 10.2 Å². The van der Waals surface area contributed by atoms with Crippen molar-refractivity contribution in [2.24, 2.45) is 0 Å². The van der Waals surface area contributed by atoms with Gasteiger partial charge in [-0.3, -0.25) is 5.10 Å². The van der Waals surface area contributed by atoms with Crippen molar-refractivity contribution in [1.82, 2.24) is 24.2 Å². The van der Waals surface area contributed by atoms with E-state index in [1.165, 1.54) is 13.4 Å². The molecule has 0 spiro atoms. The summed E-state index contributed by atoms with van der Waals surface area (Å²) < 4.78 is 26.7. The molecule has 0 unspecified atom stereocenters. The van der Waals surface area contributed by atoms with Gasteiger partial charge in [0.15, 0.2) is 0 Å². The van der Waals surface area contributed by atoms with E-state index < -0.39 is 10.2 Å². The van der Waals surface area contributed by atoms with Gasteiger partial charge in [0, 0.05) is 20.2 Å². The van der Waals surface area contributed by atoms with E-state index in [9.17, 15) is 8.42 Å². The minimum absolute atomic E-state index is 0.0397. The second kappa shape index (κ2) is 5.89. The van der Waals surface area contributed by atoms with E-state index in [4.69, 9.17) is 5.11 Å². The molecule has 0 aromatic carbocycles. The maximum absolute atomic E-state index is 11.6. The Balaban J connectivity index is 2.45.